The number of rotatable bonds is 7. The Labute approximate surface area is 230 Å². The van der Waals surface area contributed by atoms with E-state index in [1.807, 2.05) is 12.1 Å². The maximum absolute atomic E-state index is 13.4. The molecule has 2 heterocycles. The van der Waals surface area contributed by atoms with Crippen LogP contribution >= 0.6 is 0 Å². The van der Waals surface area contributed by atoms with Gasteiger partial charge in [0.15, 0.2) is 0 Å². The third kappa shape index (κ3) is 7.80. The SMILES string of the molecule is Fc1ccc(CN2[C@@H]3CC[C@H]2CC(=CCOC(c2ccc(F)cc2)c2ccc(F)cc2)C3)cc1.O=C(O)C(=O)O. The summed E-state index contributed by atoms with van der Waals surface area (Å²) in [7, 11) is 0. The van der Waals surface area contributed by atoms with Crippen LogP contribution in [0.5, 0.6) is 0 Å². The van der Waals surface area contributed by atoms with Gasteiger partial charge in [0.25, 0.3) is 0 Å². The standard InChI is InChI=1S/C29H28F3NO.C2H2O4/c30-24-7-1-20(2-8-24)19-33-27-13-14-28(33)18-21(17-27)15-16-34-29(22-3-9-25(31)10-4-22)23-5-11-26(32)12-6-23;3-1(4)2(5)6/h1-12,15,27-29H,13-14,16-19H2;(H,3,4)(H,5,6)/t27-,28+;. The van der Waals surface area contributed by atoms with Crippen molar-refractivity contribution in [2.75, 3.05) is 6.61 Å². The number of carbonyl (C=O) groups is 2. The average Bonchev–Trinajstić information content (AvgIpc) is 3.16. The molecule has 0 aliphatic carbocycles. The number of piperidine rings is 1. The molecule has 2 atom stereocenters. The summed E-state index contributed by atoms with van der Waals surface area (Å²) in [5, 5.41) is 14.8. The van der Waals surface area contributed by atoms with Crippen LogP contribution in [0.15, 0.2) is 84.4 Å². The number of hydrogen-bond donors (Lipinski definition) is 2. The molecule has 3 aromatic carbocycles. The third-order valence-corrected chi connectivity index (χ3v) is 7.21. The first kappa shape index (κ1) is 29.0. The number of aliphatic carboxylic acids is 2. The van der Waals surface area contributed by atoms with E-state index in [1.165, 1.54) is 54.8 Å². The zero-order chi connectivity index (χ0) is 28.6. The van der Waals surface area contributed by atoms with Crippen molar-refractivity contribution < 1.29 is 37.7 Å². The molecule has 9 heteroatoms. The fourth-order valence-electron chi connectivity index (χ4n) is 5.29. The summed E-state index contributed by atoms with van der Waals surface area (Å²) in [4.78, 5) is 20.8. The molecular formula is C31H30F3NO5. The van der Waals surface area contributed by atoms with E-state index in [1.54, 1.807) is 24.3 Å². The Morgan fingerprint density at radius 1 is 0.775 bits per heavy atom. The van der Waals surface area contributed by atoms with E-state index in [0.717, 1.165) is 36.1 Å². The fourth-order valence-corrected chi connectivity index (χ4v) is 5.29. The molecule has 2 aliphatic heterocycles. The van der Waals surface area contributed by atoms with Gasteiger partial charge in [-0.2, -0.15) is 0 Å². The van der Waals surface area contributed by atoms with Crippen molar-refractivity contribution in [2.24, 2.45) is 0 Å². The van der Waals surface area contributed by atoms with E-state index in [9.17, 15) is 13.2 Å². The van der Waals surface area contributed by atoms with Gasteiger partial charge >= 0.3 is 11.9 Å². The van der Waals surface area contributed by atoms with Gasteiger partial charge < -0.3 is 14.9 Å². The highest BCUT2D eigenvalue weighted by Crippen LogP contribution is 2.39. The van der Waals surface area contributed by atoms with Gasteiger partial charge in [-0.15, -0.1) is 0 Å². The van der Waals surface area contributed by atoms with E-state index < -0.39 is 18.0 Å². The maximum Gasteiger partial charge on any atom is 0.414 e. The van der Waals surface area contributed by atoms with Crippen LogP contribution in [0.1, 0.15) is 48.5 Å². The van der Waals surface area contributed by atoms with Gasteiger partial charge in [-0.25, -0.2) is 22.8 Å². The monoisotopic (exact) mass is 553 g/mol. The lowest BCUT2D eigenvalue weighted by Crippen LogP contribution is -2.39. The molecule has 0 unspecified atom stereocenters. The number of ether oxygens (including phenoxy) is 1. The van der Waals surface area contributed by atoms with Crippen molar-refractivity contribution in [3.63, 3.8) is 0 Å². The Balaban J connectivity index is 0.000000557. The lowest BCUT2D eigenvalue weighted by Gasteiger charge is -2.36. The number of carboxylic acid groups (broad SMARTS) is 2. The fraction of sp³-hybridized carbons (Fsp3) is 0.290. The Bertz CT molecular complexity index is 1250. The van der Waals surface area contributed by atoms with Crippen molar-refractivity contribution >= 4 is 11.9 Å². The van der Waals surface area contributed by atoms with Crippen LogP contribution in [0.3, 0.4) is 0 Å². The topological polar surface area (TPSA) is 87.1 Å². The molecule has 210 valence electrons. The van der Waals surface area contributed by atoms with Gasteiger partial charge in [-0.3, -0.25) is 4.90 Å². The highest BCUT2D eigenvalue weighted by Gasteiger charge is 2.38. The second-order valence-electron chi connectivity index (χ2n) is 9.88. The van der Waals surface area contributed by atoms with Crippen molar-refractivity contribution in [3.05, 3.63) is 119 Å². The molecule has 2 N–H and O–H groups in total. The van der Waals surface area contributed by atoms with Gasteiger partial charge in [0.2, 0.25) is 0 Å². The summed E-state index contributed by atoms with van der Waals surface area (Å²) in [6, 6.07) is 20.3. The average molecular weight is 554 g/mol. The van der Waals surface area contributed by atoms with Crippen LogP contribution in [-0.2, 0) is 20.9 Å². The lowest BCUT2D eigenvalue weighted by molar-refractivity contribution is -0.159. The number of halogens is 3. The predicted octanol–water partition coefficient (Wildman–Crippen LogP) is 6.12. The molecular weight excluding hydrogens is 523 g/mol. The molecule has 0 radical (unpaired) electrons. The normalized spacial score (nSPS) is 19.4. The second-order valence-corrected chi connectivity index (χ2v) is 9.88. The van der Waals surface area contributed by atoms with Crippen LogP contribution in [0, 0.1) is 17.5 Å². The zero-order valence-electron chi connectivity index (χ0n) is 21.7. The van der Waals surface area contributed by atoms with E-state index >= 15 is 0 Å². The first-order valence-electron chi connectivity index (χ1n) is 13.0. The predicted molar refractivity (Wildman–Crippen MR) is 142 cm³/mol. The number of fused-ring (bicyclic) bond motifs is 2. The summed E-state index contributed by atoms with van der Waals surface area (Å²) < 4.78 is 46.4. The Hall–Kier alpha value is -3.95. The van der Waals surface area contributed by atoms with Crippen LogP contribution in [0.2, 0.25) is 0 Å². The van der Waals surface area contributed by atoms with E-state index in [-0.39, 0.29) is 17.5 Å². The first-order valence-corrected chi connectivity index (χ1v) is 13.0. The van der Waals surface area contributed by atoms with Crippen molar-refractivity contribution in [2.45, 2.75) is 50.4 Å². The minimum absolute atomic E-state index is 0.199. The zero-order valence-corrected chi connectivity index (χ0v) is 21.7. The summed E-state index contributed by atoms with van der Waals surface area (Å²) in [6.45, 7) is 1.29. The molecule has 6 nitrogen and oxygen atoms in total. The molecule has 40 heavy (non-hydrogen) atoms. The largest absolute Gasteiger partial charge is 0.473 e. The van der Waals surface area contributed by atoms with E-state index in [4.69, 9.17) is 24.5 Å². The summed E-state index contributed by atoms with van der Waals surface area (Å²) in [5.74, 6) is -4.45. The van der Waals surface area contributed by atoms with Crippen LogP contribution < -0.4 is 0 Å². The maximum atomic E-state index is 13.4. The van der Waals surface area contributed by atoms with Gasteiger partial charge in [0.05, 0.1) is 6.61 Å². The first-order chi connectivity index (χ1) is 19.2. The minimum atomic E-state index is -1.82. The lowest BCUT2D eigenvalue weighted by atomic mass is 9.95. The molecule has 2 bridgehead atoms. The van der Waals surface area contributed by atoms with Crippen molar-refractivity contribution in [1.82, 2.24) is 4.90 Å². The highest BCUT2D eigenvalue weighted by molar-refractivity contribution is 6.27. The van der Waals surface area contributed by atoms with Crippen LogP contribution in [0.25, 0.3) is 0 Å². The molecule has 5 rings (SSSR count). The Kier molecular flexibility index (Phi) is 9.74. The third-order valence-electron chi connectivity index (χ3n) is 7.21. The number of nitrogens with zero attached hydrogens (tertiary/aromatic N) is 1. The Morgan fingerprint density at radius 2 is 1.20 bits per heavy atom. The summed E-state index contributed by atoms with van der Waals surface area (Å²) in [5.41, 5.74) is 4.22. The molecule has 3 aromatic rings. The minimum Gasteiger partial charge on any atom is -0.473 e. The highest BCUT2D eigenvalue weighted by atomic mass is 19.1. The Morgan fingerprint density at radius 3 is 1.62 bits per heavy atom. The summed E-state index contributed by atoms with van der Waals surface area (Å²) in [6.07, 6.45) is 6.17. The van der Waals surface area contributed by atoms with Gasteiger partial charge in [0.1, 0.15) is 23.6 Å². The second kappa shape index (κ2) is 13.4. The molecule has 0 spiro atoms. The van der Waals surface area contributed by atoms with E-state index in [2.05, 4.69) is 11.0 Å². The van der Waals surface area contributed by atoms with E-state index in [0.29, 0.717) is 18.7 Å². The quantitative estimate of drug-likeness (QED) is 0.271. The number of carboxylic acids is 2. The van der Waals surface area contributed by atoms with Gasteiger partial charge in [-0.1, -0.05) is 48.0 Å². The molecule has 2 fully saturated rings. The number of hydrogen-bond acceptors (Lipinski definition) is 4. The summed E-state index contributed by atoms with van der Waals surface area (Å²) >= 11 is 0. The molecule has 2 saturated heterocycles. The smallest absolute Gasteiger partial charge is 0.414 e. The number of benzene rings is 3. The van der Waals surface area contributed by atoms with Gasteiger partial charge in [0, 0.05) is 18.6 Å². The van der Waals surface area contributed by atoms with Gasteiger partial charge in [-0.05, 0) is 78.8 Å². The molecule has 2 aliphatic rings. The molecule has 0 amide bonds. The molecule has 0 aromatic heterocycles. The molecule has 0 saturated carbocycles. The van der Waals surface area contributed by atoms with Crippen molar-refractivity contribution in [3.8, 4) is 0 Å². The van der Waals surface area contributed by atoms with Crippen LogP contribution in [-0.4, -0.2) is 45.7 Å². The van der Waals surface area contributed by atoms with Crippen LogP contribution in [0.4, 0.5) is 13.2 Å². The van der Waals surface area contributed by atoms with Crippen molar-refractivity contribution in [1.29, 1.82) is 0 Å².